The van der Waals surface area contributed by atoms with Crippen molar-refractivity contribution in [3.8, 4) is 0 Å². The van der Waals surface area contributed by atoms with Crippen LogP contribution in [0.2, 0.25) is 0 Å². The first-order valence-electron chi connectivity index (χ1n) is 26.4. The lowest BCUT2D eigenvalue weighted by Crippen LogP contribution is -2.38. The van der Waals surface area contributed by atoms with Gasteiger partial charge in [0, 0.05) is 38.3 Å². The SMILES string of the molecule is CC.CCCCCCCC(CCCCCCC)OC.CCCCCCCC(CCCCCCC)OC(=O)CCCC(CCCC=O)N(CC)C(=O)SCCC(C)CCCC. The second kappa shape index (κ2) is 52.3. The highest BCUT2D eigenvalue weighted by atomic mass is 32.2. The molecule has 0 aliphatic rings. The zero-order chi connectivity index (χ0) is 45.3. The fourth-order valence-electron chi connectivity index (χ4n) is 7.83. The number of aldehydes is 1. The number of hydrogen-bond acceptors (Lipinski definition) is 6. The van der Waals surface area contributed by atoms with Crippen LogP contribution in [0, 0.1) is 5.92 Å². The zero-order valence-corrected chi connectivity index (χ0v) is 43.1. The number of amides is 1. The van der Waals surface area contributed by atoms with E-state index in [0.29, 0.717) is 37.8 Å². The van der Waals surface area contributed by atoms with Gasteiger partial charge in [0.25, 0.3) is 5.24 Å². The van der Waals surface area contributed by atoms with Crippen LogP contribution in [0.5, 0.6) is 0 Å². The molecule has 60 heavy (non-hydrogen) atoms. The van der Waals surface area contributed by atoms with Gasteiger partial charge in [0.1, 0.15) is 12.4 Å². The molecule has 0 fully saturated rings. The van der Waals surface area contributed by atoms with E-state index < -0.39 is 0 Å². The molecule has 0 aromatic rings. The summed E-state index contributed by atoms with van der Waals surface area (Å²) >= 11 is 1.44. The zero-order valence-electron chi connectivity index (χ0n) is 42.2. The number of rotatable bonds is 42. The van der Waals surface area contributed by atoms with Crippen molar-refractivity contribution in [2.24, 2.45) is 5.92 Å². The number of nitrogens with zero attached hydrogens (tertiary/aromatic N) is 1. The number of unbranched alkanes of at least 4 members (excludes halogenated alkanes) is 18. The predicted molar refractivity (Wildman–Crippen MR) is 267 cm³/mol. The van der Waals surface area contributed by atoms with Crippen LogP contribution in [0.15, 0.2) is 0 Å². The van der Waals surface area contributed by atoms with Crippen LogP contribution >= 0.6 is 11.8 Å². The van der Waals surface area contributed by atoms with Gasteiger partial charge in [-0.1, -0.05) is 202 Å². The normalized spacial score (nSPS) is 12.1. The van der Waals surface area contributed by atoms with Crippen LogP contribution in [0.3, 0.4) is 0 Å². The molecule has 0 N–H and O–H groups in total. The van der Waals surface area contributed by atoms with Crippen LogP contribution < -0.4 is 0 Å². The van der Waals surface area contributed by atoms with Gasteiger partial charge >= 0.3 is 5.97 Å². The number of carbonyl (C=O) groups is 3. The Morgan fingerprint density at radius 1 is 0.533 bits per heavy atom. The first-order valence-corrected chi connectivity index (χ1v) is 27.4. The van der Waals surface area contributed by atoms with Crippen molar-refractivity contribution >= 4 is 29.3 Å². The fourth-order valence-corrected chi connectivity index (χ4v) is 8.97. The number of hydrogen-bond donors (Lipinski definition) is 0. The standard InChI is InChI=1S/C35H67NO4S.C16H34O.C2H6/c1-6-10-13-15-17-25-33(26-18-16-14-11-7-2)40-34(38)27-21-24-32(23-19-20-29-37)36(9-4)35(39)41-30-28-31(5)22-12-8-3;1-4-6-8-10-12-14-16(17-3)15-13-11-9-7-5-2;1-2/h29,31-33H,6-28,30H2,1-5H3;16H,4-15H2,1-3H3;1-2H3. The van der Waals surface area contributed by atoms with E-state index in [1.807, 2.05) is 32.8 Å². The van der Waals surface area contributed by atoms with Crippen LogP contribution in [-0.4, -0.2) is 60.1 Å². The average Bonchev–Trinajstić information content (AvgIpc) is 3.25. The van der Waals surface area contributed by atoms with Gasteiger partial charge in [-0.25, -0.2) is 0 Å². The molecule has 1 amide bonds. The summed E-state index contributed by atoms with van der Waals surface area (Å²) in [5, 5.41) is 0.139. The highest BCUT2D eigenvalue weighted by Gasteiger charge is 2.23. The van der Waals surface area contributed by atoms with Crippen LogP contribution in [0.1, 0.15) is 281 Å². The van der Waals surface area contributed by atoms with Gasteiger partial charge in [-0.2, -0.15) is 0 Å². The maximum absolute atomic E-state index is 13.1. The molecule has 0 heterocycles. The number of ether oxygens (including phenoxy) is 2. The van der Waals surface area contributed by atoms with E-state index in [1.54, 1.807) is 0 Å². The summed E-state index contributed by atoms with van der Waals surface area (Å²) in [4.78, 5) is 38.9. The largest absolute Gasteiger partial charge is 0.462 e. The molecule has 0 saturated carbocycles. The molecular weight excluding hydrogens is 763 g/mol. The minimum atomic E-state index is -0.0893. The maximum atomic E-state index is 13.1. The Morgan fingerprint density at radius 3 is 1.38 bits per heavy atom. The van der Waals surface area contributed by atoms with Crippen molar-refractivity contribution in [2.45, 2.75) is 299 Å². The molecule has 2 unspecified atom stereocenters. The minimum Gasteiger partial charge on any atom is -0.462 e. The molecule has 0 bridgehead atoms. The third-order valence-corrected chi connectivity index (χ3v) is 12.8. The van der Waals surface area contributed by atoms with Gasteiger partial charge in [-0.15, -0.1) is 0 Å². The highest BCUT2D eigenvalue weighted by Crippen LogP contribution is 2.24. The summed E-state index contributed by atoms with van der Waals surface area (Å²) in [5.74, 6) is 1.41. The molecule has 0 radical (unpaired) electrons. The quantitative estimate of drug-likeness (QED) is 0.0346. The Labute approximate surface area is 380 Å². The Bertz CT molecular complexity index is 844. The van der Waals surface area contributed by atoms with E-state index >= 15 is 0 Å². The topological polar surface area (TPSA) is 72.9 Å². The molecule has 0 saturated heterocycles. The predicted octanol–water partition coefficient (Wildman–Crippen LogP) is 17.7. The van der Waals surface area contributed by atoms with Crippen molar-refractivity contribution in [2.75, 3.05) is 19.4 Å². The van der Waals surface area contributed by atoms with Gasteiger partial charge in [0.05, 0.1) is 6.10 Å². The Hall–Kier alpha value is -1.08. The van der Waals surface area contributed by atoms with E-state index in [4.69, 9.17) is 9.47 Å². The maximum Gasteiger partial charge on any atom is 0.306 e. The Morgan fingerprint density at radius 2 is 0.967 bits per heavy atom. The van der Waals surface area contributed by atoms with E-state index in [1.165, 1.54) is 159 Å². The van der Waals surface area contributed by atoms with Crippen LogP contribution in [-0.2, 0) is 19.1 Å². The second-order valence-electron chi connectivity index (χ2n) is 17.4. The third-order valence-electron chi connectivity index (χ3n) is 11.8. The van der Waals surface area contributed by atoms with Gasteiger partial charge < -0.3 is 19.2 Å². The smallest absolute Gasteiger partial charge is 0.306 e. The summed E-state index contributed by atoms with van der Waals surface area (Å²) in [7, 11) is 1.88. The van der Waals surface area contributed by atoms with Crippen molar-refractivity contribution in [3.05, 3.63) is 0 Å². The summed E-state index contributed by atoms with van der Waals surface area (Å²) in [6.07, 6.45) is 40.8. The Kier molecular flexibility index (Phi) is 55.1. The van der Waals surface area contributed by atoms with Crippen molar-refractivity contribution < 1.29 is 23.9 Å². The lowest BCUT2D eigenvalue weighted by Gasteiger charge is -2.31. The molecule has 0 spiro atoms. The van der Waals surface area contributed by atoms with Crippen molar-refractivity contribution in [1.82, 2.24) is 4.90 Å². The first-order chi connectivity index (χ1) is 29.3. The molecule has 0 aliphatic carbocycles. The van der Waals surface area contributed by atoms with Crippen LogP contribution in [0.25, 0.3) is 0 Å². The van der Waals surface area contributed by atoms with Gasteiger partial charge in [0.15, 0.2) is 0 Å². The van der Waals surface area contributed by atoms with E-state index in [0.717, 1.165) is 63.4 Å². The van der Waals surface area contributed by atoms with Gasteiger partial charge in [-0.05, 0) is 83.5 Å². The monoisotopic (exact) mass is 870 g/mol. The van der Waals surface area contributed by atoms with Crippen molar-refractivity contribution in [3.63, 3.8) is 0 Å². The summed E-state index contributed by atoms with van der Waals surface area (Å²) in [6.45, 7) is 20.2. The first kappa shape index (κ1) is 63.2. The second-order valence-corrected chi connectivity index (χ2v) is 18.4. The number of thioether (sulfide) groups is 1. The van der Waals surface area contributed by atoms with E-state index in [2.05, 4.69) is 41.5 Å². The van der Waals surface area contributed by atoms with E-state index in [9.17, 15) is 14.4 Å². The van der Waals surface area contributed by atoms with Crippen LogP contribution in [0.4, 0.5) is 4.79 Å². The minimum absolute atomic E-state index is 0.0407. The molecule has 0 aliphatic heterocycles. The molecular formula is C53H107NO5S. The lowest BCUT2D eigenvalue weighted by molar-refractivity contribution is -0.150. The molecule has 360 valence electrons. The van der Waals surface area contributed by atoms with Gasteiger partial charge in [0.2, 0.25) is 0 Å². The Balaban J connectivity index is -0.00000142. The molecule has 0 rings (SSSR count). The highest BCUT2D eigenvalue weighted by molar-refractivity contribution is 8.13. The molecule has 6 nitrogen and oxygen atoms in total. The van der Waals surface area contributed by atoms with Gasteiger partial charge in [-0.3, -0.25) is 9.59 Å². The number of methoxy groups -OCH3 is 1. The fraction of sp³-hybridized carbons (Fsp3) is 0.943. The van der Waals surface area contributed by atoms with E-state index in [-0.39, 0.29) is 23.4 Å². The molecule has 0 aromatic carbocycles. The summed E-state index contributed by atoms with van der Waals surface area (Å²) in [5.41, 5.74) is 0. The average molecular weight is 871 g/mol. The molecule has 2 atom stereocenters. The summed E-state index contributed by atoms with van der Waals surface area (Å²) < 4.78 is 11.6. The summed E-state index contributed by atoms with van der Waals surface area (Å²) in [6, 6.07) is 0.0678. The third kappa shape index (κ3) is 43.6. The molecule has 7 heteroatoms. The van der Waals surface area contributed by atoms with Crippen molar-refractivity contribution in [1.29, 1.82) is 0 Å². The number of esters is 1. The lowest BCUT2D eigenvalue weighted by atomic mass is 10.0. The number of carbonyl (C=O) groups excluding carboxylic acids is 3. The molecule has 0 aromatic heterocycles.